The maximum atomic E-state index is 10.9. The summed E-state index contributed by atoms with van der Waals surface area (Å²) in [6.45, 7) is 7.44. The van der Waals surface area contributed by atoms with Gasteiger partial charge in [-0.2, -0.15) is 0 Å². The molecule has 0 bridgehead atoms. The van der Waals surface area contributed by atoms with Crippen LogP contribution in [0.1, 0.15) is 24.3 Å². The topological polar surface area (TPSA) is 109 Å². The molecule has 0 unspecified atom stereocenters. The van der Waals surface area contributed by atoms with Gasteiger partial charge >= 0.3 is 0 Å². The first-order valence-electron chi connectivity index (χ1n) is 6.71. The zero-order valence-electron chi connectivity index (χ0n) is 12.9. The fourth-order valence-electron chi connectivity index (χ4n) is 1.51. The number of nitrogens with one attached hydrogen (secondary N) is 3. The summed E-state index contributed by atoms with van der Waals surface area (Å²) in [4.78, 5) is 8.58. The number of nitrogens with zero attached hydrogens (tertiary/aromatic N) is 2. The Bertz CT molecular complexity index is 560. The smallest absolute Gasteiger partial charge is 0.216 e. The molecule has 0 radical (unpaired) electrons. The van der Waals surface area contributed by atoms with Crippen molar-refractivity contribution in [1.29, 1.82) is 0 Å². The van der Waals surface area contributed by atoms with Crippen LogP contribution >= 0.6 is 0 Å². The molecule has 3 N–H and O–H groups in total. The van der Waals surface area contributed by atoms with Gasteiger partial charge in [-0.05, 0) is 20.8 Å². The molecule has 0 atom stereocenters. The Kier molecular flexibility index (Phi) is 6.63. The third-order valence-electron chi connectivity index (χ3n) is 2.57. The van der Waals surface area contributed by atoms with Crippen molar-refractivity contribution in [3.05, 3.63) is 17.3 Å². The van der Waals surface area contributed by atoms with Crippen molar-refractivity contribution in [2.75, 3.05) is 25.9 Å². The molecule has 9 heteroatoms. The van der Waals surface area contributed by atoms with Crippen LogP contribution in [0.3, 0.4) is 0 Å². The third-order valence-corrected chi connectivity index (χ3v) is 3.30. The highest BCUT2D eigenvalue weighted by molar-refractivity contribution is 7.88. The molecule has 8 nitrogen and oxygen atoms in total. The van der Waals surface area contributed by atoms with Crippen molar-refractivity contribution < 1.29 is 12.8 Å². The second-order valence-electron chi connectivity index (χ2n) is 4.54. The van der Waals surface area contributed by atoms with Crippen LogP contribution in [0.25, 0.3) is 0 Å². The van der Waals surface area contributed by atoms with Gasteiger partial charge in [-0.15, -0.1) is 0 Å². The number of aryl methyl sites for hydroxylation is 2. The minimum atomic E-state index is -3.17. The maximum absolute atomic E-state index is 10.9. The van der Waals surface area contributed by atoms with Gasteiger partial charge in [-0.1, -0.05) is 0 Å². The van der Waals surface area contributed by atoms with E-state index in [4.69, 9.17) is 4.42 Å². The molecule has 0 aliphatic rings. The predicted molar refractivity (Wildman–Crippen MR) is 81.6 cm³/mol. The molecular weight excluding hydrogens is 294 g/mol. The first-order valence-corrected chi connectivity index (χ1v) is 8.60. The lowest BCUT2D eigenvalue weighted by atomic mass is 10.4. The van der Waals surface area contributed by atoms with Crippen LogP contribution < -0.4 is 15.4 Å². The van der Waals surface area contributed by atoms with Crippen LogP contribution in [0.15, 0.2) is 9.41 Å². The second kappa shape index (κ2) is 7.99. The van der Waals surface area contributed by atoms with E-state index in [1.807, 2.05) is 20.8 Å². The summed E-state index contributed by atoms with van der Waals surface area (Å²) in [6, 6.07) is 0. The molecule has 0 aliphatic carbocycles. The molecule has 120 valence electrons. The van der Waals surface area contributed by atoms with E-state index in [0.29, 0.717) is 38.0 Å². The average Bonchev–Trinajstić information content (AvgIpc) is 2.70. The Balaban J connectivity index is 2.49. The molecule has 1 rings (SSSR count). The van der Waals surface area contributed by atoms with Gasteiger partial charge in [-0.25, -0.2) is 23.1 Å². The molecule has 1 aromatic heterocycles. The first-order chi connectivity index (χ1) is 9.81. The quantitative estimate of drug-likeness (QED) is 0.368. The lowest BCUT2D eigenvalue weighted by Crippen LogP contribution is -2.41. The van der Waals surface area contributed by atoms with Crippen LogP contribution in [0.5, 0.6) is 0 Å². The normalized spacial score (nSPS) is 12.5. The van der Waals surface area contributed by atoms with E-state index in [-0.39, 0.29) is 0 Å². The van der Waals surface area contributed by atoms with E-state index < -0.39 is 10.0 Å². The van der Waals surface area contributed by atoms with Crippen LogP contribution in [0, 0.1) is 13.8 Å². The fraction of sp³-hybridized carbons (Fsp3) is 0.667. The zero-order valence-corrected chi connectivity index (χ0v) is 13.7. The Hall–Kier alpha value is -1.61. The van der Waals surface area contributed by atoms with Crippen molar-refractivity contribution in [3.63, 3.8) is 0 Å². The Morgan fingerprint density at radius 1 is 1.29 bits per heavy atom. The maximum Gasteiger partial charge on any atom is 0.216 e. The monoisotopic (exact) mass is 317 g/mol. The number of rotatable bonds is 7. The van der Waals surface area contributed by atoms with Crippen molar-refractivity contribution in [3.8, 4) is 0 Å². The molecule has 0 spiro atoms. The van der Waals surface area contributed by atoms with Crippen molar-refractivity contribution in [1.82, 2.24) is 20.3 Å². The van der Waals surface area contributed by atoms with Crippen LogP contribution in [-0.2, 0) is 16.6 Å². The number of guanidine groups is 1. The molecular formula is C12H23N5O3S. The van der Waals surface area contributed by atoms with Gasteiger partial charge in [0.1, 0.15) is 12.3 Å². The number of hydrogen-bond acceptors (Lipinski definition) is 5. The average molecular weight is 317 g/mol. The van der Waals surface area contributed by atoms with Gasteiger partial charge in [0.05, 0.1) is 11.9 Å². The van der Waals surface area contributed by atoms with E-state index in [1.54, 1.807) is 0 Å². The van der Waals surface area contributed by atoms with Crippen LogP contribution in [-0.4, -0.2) is 45.3 Å². The van der Waals surface area contributed by atoms with E-state index in [0.717, 1.165) is 17.7 Å². The molecule has 0 saturated heterocycles. The summed E-state index contributed by atoms with van der Waals surface area (Å²) in [5, 5.41) is 6.09. The first kappa shape index (κ1) is 17.4. The minimum absolute atomic E-state index is 0.292. The molecule has 0 aliphatic heterocycles. The number of hydrogen-bond donors (Lipinski definition) is 3. The minimum Gasteiger partial charge on any atom is -0.444 e. The van der Waals surface area contributed by atoms with Crippen LogP contribution in [0.4, 0.5) is 0 Å². The Labute approximate surface area is 125 Å². The lowest BCUT2D eigenvalue weighted by molar-refractivity contribution is 0.473. The lowest BCUT2D eigenvalue weighted by Gasteiger charge is -2.10. The van der Waals surface area contributed by atoms with Gasteiger partial charge in [0.15, 0.2) is 5.96 Å². The fourth-order valence-corrected chi connectivity index (χ4v) is 1.99. The van der Waals surface area contributed by atoms with E-state index in [1.165, 1.54) is 0 Å². The number of aliphatic imine (C=N–C) groups is 1. The molecule has 0 saturated carbocycles. The van der Waals surface area contributed by atoms with Crippen molar-refractivity contribution >= 4 is 16.0 Å². The zero-order chi connectivity index (χ0) is 15.9. The highest BCUT2D eigenvalue weighted by Gasteiger charge is 2.05. The third kappa shape index (κ3) is 7.09. The van der Waals surface area contributed by atoms with Gasteiger partial charge in [0, 0.05) is 19.6 Å². The van der Waals surface area contributed by atoms with Crippen LogP contribution in [0.2, 0.25) is 0 Å². The summed E-state index contributed by atoms with van der Waals surface area (Å²) in [5.41, 5.74) is 0.857. The highest BCUT2D eigenvalue weighted by atomic mass is 32.2. The Morgan fingerprint density at radius 2 is 2.00 bits per heavy atom. The van der Waals surface area contributed by atoms with E-state index in [2.05, 4.69) is 25.3 Å². The summed E-state index contributed by atoms with van der Waals surface area (Å²) < 4.78 is 29.7. The summed E-state index contributed by atoms with van der Waals surface area (Å²) in [7, 11) is -3.17. The highest BCUT2D eigenvalue weighted by Crippen LogP contribution is 2.08. The van der Waals surface area contributed by atoms with Gasteiger partial charge in [-0.3, -0.25) is 0 Å². The largest absolute Gasteiger partial charge is 0.444 e. The summed E-state index contributed by atoms with van der Waals surface area (Å²) >= 11 is 0. The van der Waals surface area contributed by atoms with Gasteiger partial charge < -0.3 is 15.1 Å². The number of oxazole rings is 1. The summed E-state index contributed by atoms with van der Waals surface area (Å²) in [6.07, 6.45) is 1.12. The summed E-state index contributed by atoms with van der Waals surface area (Å²) in [5.74, 6) is 1.92. The molecule has 1 aromatic rings. The predicted octanol–water partition coefficient (Wildman–Crippen LogP) is -0.104. The van der Waals surface area contributed by atoms with Gasteiger partial charge in [0.25, 0.3) is 0 Å². The number of sulfonamides is 1. The number of aromatic nitrogens is 1. The van der Waals surface area contributed by atoms with Gasteiger partial charge in [0.2, 0.25) is 15.9 Å². The second-order valence-corrected chi connectivity index (χ2v) is 6.37. The van der Waals surface area contributed by atoms with E-state index in [9.17, 15) is 8.42 Å². The molecule has 1 heterocycles. The molecule has 21 heavy (non-hydrogen) atoms. The van der Waals surface area contributed by atoms with Crippen molar-refractivity contribution in [2.45, 2.75) is 27.3 Å². The van der Waals surface area contributed by atoms with Crippen molar-refractivity contribution in [2.24, 2.45) is 4.99 Å². The molecule has 0 fully saturated rings. The molecule has 0 aromatic carbocycles. The standard InChI is InChI=1S/C12H23N5O3S/c1-5-13-12(14-6-7-16-21(4,18)19)15-8-11-17-9(2)10(3)20-11/h16H,5-8H2,1-4H3,(H2,13,14,15). The van der Waals surface area contributed by atoms with E-state index >= 15 is 0 Å². The molecule has 0 amide bonds. The Morgan fingerprint density at radius 3 is 2.52 bits per heavy atom. The SMILES string of the molecule is CCNC(=NCc1nc(C)c(C)o1)NCCNS(C)(=O)=O.